The quantitative estimate of drug-likeness (QED) is 0.803. The van der Waals surface area contributed by atoms with E-state index in [1.54, 1.807) is 24.0 Å². The molecule has 8 heteroatoms. The van der Waals surface area contributed by atoms with Crippen LogP contribution in [0.2, 0.25) is 0 Å². The van der Waals surface area contributed by atoms with Gasteiger partial charge in [0.2, 0.25) is 21.8 Å². The molecule has 0 aromatic heterocycles. The van der Waals surface area contributed by atoms with Crippen molar-refractivity contribution in [1.82, 2.24) is 4.72 Å². The Morgan fingerprint density at radius 2 is 1.79 bits per heavy atom. The van der Waals surface area contributed by atoms with E-state index in [4.69, 9.17) is 0 Å². The van der Waals surface area contributed by atoms with Crippen molar-refractivity contribution in [2.75, 3.05) is 23.8 Å². The van der Waals surface area contributed by atoms with Crippen LogP contribution in [0, 0.1) is 19.8 Å². The molecule has 2 aromatic carbocycles. The molecule has 2 N–H and O–H groups in total. The van der Waals surface area contributed by atoms with Crippen LogP contribution in [0.25, 0.3) is 0 Å². The number of carbonyl (C=O) groups is 2. The Bertz CT molecular complexity index is 1020. The molecule has 0 radical (unpaired) electrons. The van der Waals surface area contributed by atoms with Crippen LogP contribution in [-0.4, -0.2) is 33.8 Å². The SMILES string of the molecule is CNS(=O)(=O)c1cc(NC(=O)[C@@H]2CC(=O)N(c3ccc(C)cc3)C2)ccc1C. The van der Waals surface area contributed by atoms with Gasteiger partial charge in [-0.3, -0.25) is 9.59 Å². The van der Waals surface area contributed by atoms with Crippen LogP contribution >= 0.6 is 0 Å². The zero-order valence-electron chi connectivity index (χ0n) is 16.0. The minimum Gasteiger partial charge on any atom is -0.326 e. The van der Waals surface area contributed by atoms with Crippen LogP contribution in [0.3, 0.4) is 0 Å². The second-order valence-corrected chi connectivity index (χ2v) is 8.77. The van der Waals surface area contributed by atoms with Gasteiger partial charge in [-0.1, -0.05) is 23.8 Å². The summed E-state index contributed by atoms with van der Waals surface area (Å²) in [6.07, 6.45) is 0.118. The number of aryl methyl sites for hydroxylation is 2. The van der Waals surface area contributed by atoms with E-state index in [1.165, 1.54) is 13.1 Å². The van der Waals surface area contributed by atoms with E-state index in [1.807, 2.05) is 31.2 Å². The van der Waals surface area contributed by atoms with Gasteiger partial charge in [0.1, 0.15) is 0 Å². The molecule has 28 heavy (non-hydrogen) atoms. The number of benzene rings is 2. The Labute approximate surface area is 164 Å². The predicted octanol–water partition coefficient (Wildman–Crippen LogP) is 2.20. The van der Waals surface area contributed by atoms with E-state index >= 15 is 0 Å². The lowest BCUT2D eigenvalue weighted by atomic mass is 10.1. The number of nitrogens with zero attached hydrogens (tertiary/aromatic N) is 1. The molecule has 0 saturated carbocycles. The third-order valence-corrected chi connectivity index (χ3v) is 6.41. The third kappa shape index (κ3) is 4.07. The van der Waals surface area contributed by atoms with Crippen molar-refractivity contribution < 1.29 is 18.0 Å². The molecule has 1 fully saturated rings. The number of anilines is 2. The molecule has 148 valence electrons. The topological polar surface area (TPSA) is 95.6 Å². The molecule has 1 heterocycles. The number of nitrogens with one attached hydrogen (secondary N) is 2. The lowest BCUT2D eigenvalue weighted by Crippen LogP contribution is -2.28. The van der Waals surface area contributed by atoms with Crippen molar-refractivity contribution in [1.29, 1.82) is 0 Å². The molecule has 7 nitrogen and oxygen atoms in total. The van der Waals surface area contributed by atoms with E-state index in [-0.39, 0.29) is 23.1 Å². The summed E-state index contributed by atoms with van der Waals surface area (Å²) in [5.41, 5.74) is 2.82. The Hall–Kier alpha value is -2.71. The summed E-state index contributed by atoms with van der Waals surface area (Å²) >= 11 is 0. The molecule has 0 unspecified atom stereocenters. The van der Waals surface area contributed by atoms with E-state index in [0.717, 1.165) is 11.3 Å². The number of rotatable bonds is 5. The lowest BCUT2D eigenvalue weighted by Gasteiger charge is -2.17. The van der Waals surface area contributed by atoms with Gasteiger partial charge in [-0.15, -0.1) is 0 Å². The molecule has 1 aliphatic heterocycles. The molecular weight excluding hydrogens is 378 g/mol. The molecule has 0 bridgehead atoms. The van der Waals surface area contributed by atoms with Gasteiger partial charge in [0, 0.05) is 24.3 Å². The van der Waals surface area contributed by atoms with E-state index in [9.17, 15) is 18.0 Å². The zero-order chi connectivity index (χ0) is 20.5. The largest absolute Gasteiger partial charge is 0.326 e. The van der Waals surface area contributed by atoms with Crippen LogP contribution < -0.4 is 14.9 Å². The van der Waals surface area contributed by atoms with Gasteiger partial charge in [0.25, 0.3) is 0 Å². The summed E-state index contributed by atoms with van der Waals surface area (Å²) in [7, 11) is -2.29. The molecule has 0 aliphatic carbocycles. The predicted molar refractivity (Wildman–Crippen MR) is 108 cm³/mol. The normalized spacial score (nSPS) is 17.0. The van der Waals surface area contributed by atoms with Gasteiger partial charge in [-0.05, 0) is 50.7 Å². The van der Waals surface area contributed by atoms with Crippen LogP contribution in [0.4, 0.5) is 11.4 Å². The maximum atomic E-state index is 12.7. The van der Waals surface area contributed by atoms with E-state index in [0.29, 0.717) is 17.8 Å². The minimum absolute atomic E-state index is 0.105. The number of hydrogen-bond donors (Lipinski definition) is 2. The van der Waals surface area contributed by atoms with Crippen molar-refractivity contribution in [3.05, 3.63) is 53.6 Å². The first-order valence-electron chi connectivity index (χ1n) is 8.93. The Morgan fingerprint density at radius 1 is 1.11 bits per heavy atom. The highest BCUT2D eigenvalue weighted by molar-refractivity contribution is 7.89. The van der Waals surface area contributed by atoms with Crippen LogP contribution in [-0.2, 0) is 19.6 Å². The molecule has 0 spiro atoms. The minimum atomic E-state index is -3.63. The highest BCUT2D eigenvalue weighted by Gasteiger charge is 2.35. The molecule has 2 amide bonds. The average Bonchev–Trinajstić information content (AvgIpc) is 3.05. The maximum Gasteiger partial charge on any atom is 0.240 e. The fourth-order valence-electron chi connectivity index (χ4n) is 3.18. The molecular formula is C20H23N3O4S. The Kier molecular flexibility index (Phi) is 5.53. The summed E-state index contributed by atoms with van der Waals surface area (Å²) in [5, 5.41) is 2.74. The van der Waals surface area contributed by atoms with E-state index < -0.39 is 15.9 Å². The highest BCUT2D eigenvalue weighted by Crippen LogP contribution is 2.27. The fraction of sp³-hybridized carbons (Fsp3) is 0.300. The second-order valence-electron chi connectivity index (χ2n) is 6.92. The summed E-state index contributed by atoms with van der Waals surface area (Å²) in [5.74, 6) is -0.912. The number of carbonyl (C=O) groups excluding carboxylic acids is 2. The standard InChI is InChI=1S/C20H23N3O4S/c1-13-4-8-17(9-5-13)23-12-15(10-19(23)24)20(25)22-16-7-6-14(2)18(11-16)28(26,27)21-3/h4-9,11,15,21H,10,12H2,1-3H3,(H,22,25)/t15-/m1/s1. The first kappa shape index (κ1) is 20.0. The summed E-state index contributed by atoms with van der Waals surface area (Å²) < 4.78 is 26.5. The van der Waals surface area contributed by atoms with Crippen molar-refractivity contribution in [3.63, 3.8) is 0 Å². The third-order valence-electron chi connectivity index (χ3n) is 4.86. The van der Waals surface area contributed by atoms with E-state index in [2.05, 4.69) is 10.0 Å². The number of hydrogen-bond acceptors (Lipinski definition) is 4. The fourth-order valence-corrected chi connectivity index (χ4v) is 4.17. The summed E-state index contributed by atoms with van der Waals surface area (Å²) in [6, 6.07) is 12.3. The van der Waals surface area contributed by atoms with Crippen LogP contribution in [0.15, 0.2) is 47.4 Å². The Balaban J connectivity index is 1.75. The van der Waals surface area contributed by atoms with Crippen molar-refractivity contribution >= 4 is 33.2 Å². The number of sulfonamides is 1. The van der Waals surface area contributed by atoms with Crippen molar-refractivity contribution in [2.45, 2.75) is 25.2 Å². The highest BCUT2D eigenvalue weighted by atomic mass is 32.2. The summed E-state index contributed by atoms with van der Waals surface area (Å²) in [6.45, 7) is 3.95. The monoisotopic (exact) mass is 401 g/mol. The second kappa shape index (κ2) is 7.73. The average molecular weight is 401 g/mol. The molecule has 1 saturated heterocycles. The molecule has 3 rings (SSSR count). The molecule has 1 atom stereocenters. The Morgan fingerprint density at radius 3 is 2.43 bits per heavy atom. The van der Waals surface area contributed by atoms with Crippen LogP contribution in [0.1, 0.15) is 17.5 Å². The van der Waals surface area contributed by atoms with Gasteiger partial charge in [-0.25, -0.2) is 13.1 Å². The van der Waals surface area contributed by atoms with Gasteiger partial charge < -0.3 is 10.2 Å². The molecule has 2 aromatic rings. The van der Waals surface area contributed by atoms with Gasteiger partial charge in [-0.2, -0.15) is 0 Å². The number of amides is 2. The first-order chi connectivity index (χ1) is 13.2. The van der Waals surface area contributed by atoms with Gasteiger partial charge in [0.15, 0.2) is 0 Å². The van der Waals surface area contributed by atoms with Gasteiger partial charge in [0.05, 0.1) is 10.8 Å². The van der Waals surface area contributed by atoms with Gasteiger partial charge >= 0.3 is 0 Å². The van der Waals surface area contributed by atoms with Crippen molar-refractivity contribution in [2.24, 2.45) is 5.92 Å². The summed E-state index contributed by atoms with van der Waals surface area (Å²) in [4.78, 5) is 26.7. The van der Waals surface area contributed by atoms with Crippen LogP contribution in [0.5, 0.6) is 0 Å². The maximum absolute atomic E-state index is 12.7. The zero-order valence-corrected chi connectivity index (χ0v) is 16.8. The first-order valence-corrected chi connectivity index (χ1v) is 10.4. The van der Waals surface area contributed by atoms with Crippen molar-refractivity contribution in [3.8, 4) is 0 Å². The smallest absolute Gasteiger partial charge is 0.240 e. The lowest BCUT2D eigenvalue weighted by molar-refractivity contribution is -0.122. The molecule has 1 aliphatic rings.